The fourth-order valence-corrected chi connectivity index (χ4v) is 5.39. The zero-order chi connectivity index (χ0) is 21.1. The Hall–Kier alpha value is -2.83. The van der Waals surface area contributed by atoms with Crippen LogP contribution in [0.1, 0.15) is 49.0 Å². The number of hydrazone groups is 1. The molecule has 2 aromatic rings. The third-order valence-corrected chi connectivity index (χ3v) is 6.78. The predicted molar refractivity (Wildman–Crippen MR) is 105 cm³/mol. The van der Waals surface area contributed by atoms with Gasteiger partial charge in [0, 0.05) is 24.1 Å². The van der Waals surface area contributed by atoms with Crippen LogP contribution in [0.2, 0.25) is 0 Å². The van der Waals surface area contributed by atoms with Crippen LogP contribution < -0.4 is 4.74 Å². The molecule has 0 radical (unpaired) electrons. The maximum absolute atomic E-state index is 15.2. The molecular weight excluding hydrogens is 393 g/mol. The third kappa shape index (κ3) is 2.75. The lowest BCUT2D eigenvalue weighted by Crippen LogP contribution is -2.69. The van der Waals surface area contributed by atoms with E-state index in [0.717, 1.165) is 6.07 Å². The van der Waals surface area contributed by atoms with Crippen molar-refractivity contribution < 1.29 is 22.7 Å². The maximum Gasteiger partial charge on any atom is 0.249 e. The molecule has 1 aliphatic heterocycles. The van der Waals surface area contributed by atoms with Crippen LogP contribution in [0.3, 0.4) is 0 Å². The van der Waals surface area contributed by atoms with Crippen LogP contribution in [-0.4, -0.2) is 24.2 Å². The highest BCUT2D eigenvalue weighted by molar-refractivity contribution is 5.88. The summed E-state index contributed by atoms with van der Waals surface area (Å²) in [6, 6.07) is 9.63. The Morgan fingerprint density at radius 1 is 1.13 bits per heavy atom. The lowest BCUT2D eigenvalue weighted by atomic mass is 9.33. The Morgan fingerprint density at radius 2 is 1.77 bits per heavy atom. The van der Waals surface area contributed by atoms with Crippen LogP contribution in [0.25, 0.3) is 0 Å². The van der Waals surface area contributed by atoms with Crippen LogP contribution in [0.5, 0.6) is 5.75 Å². The van der Waals surface area contributed by atoms with Gasteiger partial charge in [-0.1, -0.05) is 12.1 Å². The number of methoxy groups -OCH3 is 1. The van der Waals surface area contributed by atoms with Crippen molar-refractivity contribution in [3.8, 4) is 5.75 Å². The van der Waals surface area contributed by atoms with E-state index in [1.165, 1.54) is 17.1 Å². The number of amides is 1. The Kier molecular flexibility index (Phi) is 4.21. The Labute approximate surface area is 172 Å². The molecule has 156 valence electrons. The van der Waals surface area contributed by atoms with E-state index < -0.39 is 34.7 Å². The number of rotatable bonds is 5. The van der Waals surface area contributed by atoms with Crippen molar-refractivity contribution in [3.63, 3.8) is 0 Å². The second kappa shape index (κ2) is 6.59. The second-order valence-corrected chi connectivity index (χ2v) is 8.71. The fraction of sp³-hybridized carbons (Fsp3) is 0.391. The molecule has 3 fully saturated rings. The highest BCUT2D eigenvalue weighted by Gasteiger charge is 2.75. The Morgan fingerprint density at radius 3 is 2.37 bits per heavy atom. The molecule has 6 rings (SSSR count). The molecule has 2 unspecified atom stereocenters. The smallest absolute Gasteiger partial charge is 0.249 e. The number of hydrogen-bond donors (Lipinski definition) is 0. The number of carbonyl (C=O) groups excluding carboxylic acids is 1. The molecule has 0 spiro atoms. The quantitative estimate of drug-likeness (QED) is 0.682. The normalized spacial score (nSPS) is 29.9. The van der Waals surface area contributed by atoms with Gasteiger partial charge in [-0.2, -0.15) is 5.10 Å². The minimum absolute atomic E-state index is 0.185. The molecule has 7 heteroatoms. The molecule has 4 nitrogen and oxygen atoms in total. The van der Waals surface area contributed by atoms with Gasteiger partial charge in [-0.15, -0.1) is 0 Å². The average molecular weight is 414 g/mol. The van der Waals surface area contributed by atoms with Gasteiger partial charge in [-0.25, -0.2) is 18.2 Å². The summed E-state index contributed by atoms with van der Waals surface area (Å²) in [6.45, 7) is 0. The standard InChI is InChI=1S/C23H21F3N2O2/c1-30-18-4-2-14(3-5-18)20(26)22-11-23(12-22,13-22)21(29)28-19(6-7-27-28)15-8-16(24)10-17(25)9-15/h2-5,7-10,19-20H,6,11-13H2,1H3. The zero-order valence-electron chi connectivity index (χ0n) is 16.4. The molecule has 30 heavy (non-hydrogen) atoms. The van der Waals surface area contributed by atoms with E-state index in [-0.39, 0.29) is 5.91 Å². The van der Waals surface area contributed by atoms with Gasteiger partial charge in [0.05, 0.1) is 18.6 Å². The van der Waals surface area contributed by atoms with E-state index in [1.807, 2.05) is 0 Å². The average Bonchev–Trinajstić information content (AvgIpc) is 3.15. The van der Waals surface area contributed by atoms with Crippen LogP contribution in [0.15, 0.2) is 47.6 Å². The highest BCUT2D eigenvalue weighted by atomic mass is 19.1. The van der Waals surface area contributed by atoms with Crippen molar-refractivity contribution in [1.82, 2.24) is 5.01 Å². The molecule has 1 amide bonds. The monoisotopic (exact) mass is 414 g/mol. The summed E-state index contributed by atoms with van der Waals surface area (Å²) < 4.78 is 47.6. The zero-order valence-corrected chi connectivity index (χ0v) is 16.4. The molecule has 3 aliphatic carbocycles. The van der Waals surface area contributed by atoms with Crippen molar-refractivity contribution in [2.75, 3.05) is 7.11 Å². The van der Waals surface area contributed by atoms with Gasteiger partial charge in [-0.3, -0.25) is 4.79 Å². The molecule has 0 N–H and O–H groups in total. The number of benzene rings is 2. The van der Waals surface area contributed by atoms with Gasteiger partial charge in [0.2, 0.25) is 5.91 Å². The summed E-state index contributed by atoms with van der Waals surface area (Å²) in [7, 11) is 1.56. The minimum atomic E-state index is -1.15. The SMILES string of the molecule is COc1ccc(C(F)C23CC(C(=O)N4N=CCC4c4cc(F)cc(F)c4)(C2)C3)cc1. The number of nitrogens with zero attached hydrogens (tertiary/aromatic N) is 2. The predicted octanol–water partition coefficient (Wildman–Crippen LogP) is 5.11. The van der Waals surface area contributed by atoms with Gasteiger partial charge < -0.3 is 4.74 Å². The number of carbonyl (C=O) groups is 1. The van der Waals surface area contributed by atoms with E-state index in [1.54, 1.807) is 37.6 Å². The largest absolute Gasteiger partial charge is 0.497 e. The van der Waals surface area contributed by atoms with Gasteiger partial charge >= 0.3 is 0 Å². The molecule has 4 aliphatic rings. The van der Waals surface area contributed by atoms with Crippen molar-refractivity contribution in [2.45, 2.75) is 37.9 Å². The van der Waals surface area contributed by atoms with Gasteiger partial charge in [-0.05, 0) is 54.7 Å². The number of ether oxygens (including phenoxy) is 1. The van der Waals surface area contributed by atoms with Gasteiger partial charge in [0.25, 0.3) is 0 Å². The molecule has 2 bridgehead atoms. The van der Waals surface area contributed by atoms with E-state index >= 15 is 4.39 Å². The van der Waals surface area contributed by atoms with Crippen LogP contribution in [-0.2, 0) is 4.79 Å². The van der Waals surface area contributed by atoms with Crippen molar-refractivity contribution in [2.24, 2.45) is 15.9 Å². The third-order valence-electron chi connectivity index (χ3n) is 6.78. The van der Waals surface area contributed by atoms with Crippen LogP contribution in [0.4, 0.5) is 13.2 Å². The Balaban J connectivity index is 1.30. The molecule has 0 aromatic heterocycles. The minimum Gasteiger partial charge on any atom is -0.497 e. The summed E-state index contributed by atoms with van der Waals surface area (Å²) >= 11 is 0. The first-order chi connectivity index (χ1) is 14.4. The summed E-state index contributed by atoms with van der Waals surface area (Å²) in [5.74, 6) is -0.890. The maximum atomic E-state index is 15.2. The van der Waals surface area contributed by atoms with E-state index in [4.69, 9.17) is 4.74 Å². The first kappa shape index (κ1) is 19.2. The van der Waals surface area contributed by atoms with Crippen molar-refractivity contribution in [3.05, 3.63) is 65.2 Å². The molecule has 2 atom stereocenters. The summed E-state index contributed by atoms with van der Waals surface area (Å²) in [5.41, 5.74) is -0.179. The topological polar surface area (TPSA) is 41.9 Å². The lowest BCUT2D eigenvalue weighted by Gasteiger charge is -2.70. The van der Waals surface area contributed by atoms with Crippen molar-refractivity contribution in [1.29, 1.82) is 0 Å². The summed E-state index contributed by atoms with van der Waals surface area (Å²) in [4.78, 5) is 13.2. The number of hydrogen-bond acceptors (Lipinski definition) is 3. The van der Waals surface area contributed by atoms with E-state index in [0.29, 0.717) is 42.6 Å². The first-order valence-corrected chi connectivity index (χ1v) is 9.96. The fourth-order valence-electron chi connectivity index (χ4n) is 5.39. The highest BCUT2D eigenvalue weighted by Crippen LogP contribution is 2.78. The molecule has 1 heterocycles. The lowest BCUT2D eigenvalue weighted by molar-refractivity contribution is -0.242. The summed E-state index contributed by atoms with van der Waals surface area (Å²) in [6.07, 6.45) is 2.22. The first-order valence-electron chi connectivity index (χ1n) is 9.96. The van der Waals surface area contributed by atoms with E-state index in [2.05, 4.69) is 5.10 Å². The van der Waals surface area contributed by atoms with Gasteiger partial charge in [0.1, 0.15) is 23.6 Å². The summed E-state index contributed by atoms with van der Waals surface area (Å²) in [5, 5.41) is 5.51. The van der Waals surface area contributed by atoms with Gasteiger partial charge in [0.15, 0.2) is 0 Å². The van der Waals surface area contributed by atoms with Crippen molar-refractivity contribution >= 4 is 12.1 Å². The number of halogens is 3. The van der Waals surface area contributed by atoms with E-state index in [9.17, 15) is 13.6 Å². The Bertz CT molecular complexity index is 997. The van der Waals surface area contributed by atoms with Crippen LogP contribution >= 0.6 is 0 Å². The molecule has 2 aromatic carbocycles. The molecule has 3 saturated carbocycles. The molecule has 0 saturated heterocycles. The van der Waals surface area contributed by atoms with Crippen LogP contribution in [0, 0.1) is 22.5 Å². The number of alkyl halides is 1. The second-order valence-electron chi connectivity index (χ2n) is 8.71. The molecular formula is C23H21F3N2O2.